The topological polar surface area (TPSA) is 29.5 Å². The van der Waals surface area contributed by atoms with Gasteiger partial charge < -0.3 is 9.84 Å². The summed E-state index contributed by atoms with van der Waals surface area (Å²) < 4.78 is 5.45. The van der Waals surface area contributed by atoms with E-state index in [0.717, 1.165) is 11.3 Å². The summed E-state index contributed by atoms with van der Waals surface area (Å²) in [4.78, 5) is 0. The lowest BCUT2D eigenvalue weighted by atomic mass is 9.85. The Labute approximate surface area is 90.9 Å². The van der Waals surface area contributed by atoms with Gasteiger partial charge in [-0.05, 0) is 22.6 Å². The summed E-state index contributed by atoms with van der Waals surface area (Å²) in [5.74, 6) is 0.924. The van der Waals surface area contributed by atoms with E-state index in [1.165, 1.54) is 5.56 Å². The summed E-state index contributed by atoms with van der Waals surface area (Å²) in [7, 11) is 0. The van der Waals surface area contributed by atoms with Gasteiger partial charge in [0.15, 0.2) is 0 Å². The van der Waals surface area contributed by atoms with E-state index in [1.807, 2.05) is 6.07 Å². The summed E-state index contributed by atoms with van der Waals surface area (Å²) >= 11 is 0. The van der Waals surface area contributed by atoms with Crippen molar-refractivity contribution in [3.05, 3.63) is 29.3 Å². The lowest BCUT2D eigenvalue weighted by Crippen LogP contribution is -2.26. The first kappa shape index (κ1) is 10.5. The number of ether oxygens (including phenoxy) is 1. The first-order valence-corrected chi connectivity index (χ1v) is 5.41. The molecule has 1 aromatic rings. The van der Waals surface area contributed by atoms with Crippen LogP contribution >= 0.6 is 0 Å². The second-order valence-electron chi connectivity index (χ2n) is 5.24. The lowest BCUT2D eigenvalue weighted by Gasteiger charge is -2.25. The van der Waals surface area contributed by atoms with Crippen molar-refractivity contribution in [1.29, 1.82) is 0 Å². The molecule has 1 aliphatic rings. The number of aliphatic hydroxyl groups excluding tert-OH is 1. The average Bonchev–Trinajstić information content (AvgIpc) is 2.15. The number of rotatable bonds is 0. The third-order valence-electron chi connectivity index (χ3n) is 2.81. The molecule has 0 saturated heterocycles. The van der Waals surface area contributed by atoms with E-state index in [9.17, 15) is 5.11 Å². The minimum absolute atomic E-state index is 0.150. The van der Waals surface area contributed by atoms with E-state index >= 15 is 0 Å². The number of aliphatic hydroxyl groups is 1. The van der Waals surface area contributed by atoms with E-state index in [1.54, 1.807) is 0 Å². The largest absolute Gasteiger partial charge is 0.491 e. The Bertz CT molecular complexity index is 363. The minimum atomic E-state index is -0.354. The Morgan fingerprint density at radius 2 is 2.07 bits per heavy atom. The molecule has 0 unspecified atom stereocenters. The molecule has 0 aromatic heterocycles. The second kappa shape index (κ2) is 3.53. The van der Waals surface area contributed by atoms with Crippen LogP contribution in [0.2, 0.25) is 0 Å². The van der Waals surface area contributed by atoms with Gasteiger partial charge in [0, 0.05) is 6.42 Å². The summed E-state index contributed by atoms with van der Waals surface area (Å²) in [5.41, 5.74) is 2.57. The fraction of sp³-hybridized carbons (Fsp3) is 0.538. The zero-order chi connectivity index (χ0) is 11.1. The van der Waals surface area contributed by atoms with Crippen LogP contribution in [0.15, 0.2) is 18.2 Å². The van der Waals surface area contributed by atoms with Crippen LogP contribution in [0.1, 0.15) is 31.9 Å². The highest BCUT2D eigenvalue weighted by Gasteiger charge is 2.20. The van der Waals surface area contributed by atoms with Gasteiger partial charge in [0.2, 0.25) is 0 Å². The number of fused-ring (bicyclic) bond motifs is 1. The van der Waals surface area contributed by atoms with Crippen molar-refractivity contribution in [3.8, 4) is 5.75 Å². The summed E-state index contributed by atoms with van der Waals surface area (Å²) in [5, 5.41) is 9.52. The van der Waals surface area contributed by atoms with E-state index in [4.69, 9.17) is 4.74 Å². The Kier molecular flexibility index (Phi) is 2.47. The molecule has 2 rings (SSSR count). The Hall–Kier alpha value is -1.02. The lowest BCUT2D eigenvalue weighted by molar-refractivity contribution is 0.0920. The maximum atomic E-state index is 9.52. The zero-order valence-electron chi connectivity index (χ0n) is 9.58. The predicted molar refractivity (Wildman–Crippen MR) is 60.3 cm³/mol. The number of benzene rings is 1. The predicted octanol–water partition coefficient (Wildman–Crippen LogP) is 2.28. The molecule has 0 amide bonds. The molecular weight excluding hydrogens is 188 g/mol. The van der Waals surface area contributed by atoms with Crippen LogP contribution in [0.5, 0.6) is 5.75 Å². The molecule has 1 atom stereocenters. The average molecular weight is 206 g/mol. The highest BCUT2D eigenvalue weighted by atomic mass is 16.5. The molecule has 2 heteroatoms. The third kappa shape index (κ3) is 2.15. The van der Waals surface area contributed by atoms with Gasteiger partial charge in [-0.2, -0.15) is 0 Å². The van der Waals surface area contributed by atoms with Gasteiger partial charge in [-0.3, -0.25) is 0 Å². The Morgan fingerprint density at radius 3 is 2.73 bits per heavy atom. The van der Waals surface area contributed by atoms with E-state index in [0.29, 0.717) is 13.0 Å². The standard InChI is InChI=1S/C13H18O2/c1-13(2,3)10-4-5-12-9(6-10)7-11(14)8-15-12/h4-6,11,14H,7-8H2,1-3H3/t11-/m0/s1. The van der Waals surface area contributed by atoms with E-state index in [2.05, 4.69) is 32.9 Å². The van der Waals surface area contributed by atoms with Gasteiger partial charge in [-0.1, -0.05) is 32.9 Å². The van der Waals surface area contributed by atoms with Gasteiger partial charge in [-0.15, -0.1) is 0 Å². The number of hydrogen-bond acceptors (Lipinski definition) is 2. The van der Waals surface area contributed by atoms with Crippen molar-refractivity contribution in [1.82, 2.24) is 0 Å². The molecule has 0 saturated carbocycles. The fourth-order valence-electron chi connectivity index (χ4n) is 1.85. The molecule has 0 radical (unpaired) electrons. The monoisotopic (exact) mass is 206 g/mol. The summed E-state index contributed by atoms with van der Waals surface area (Å²) in [6.07, 6.45) is 0.354. The fourth-order valence-corrected chi connectivity index (χ4v) is 1.85. The third-order valence-corrected chi connectivity index (χ3v) is 2.81. The summed E-state index contributed by atoms with van der Waals surface area (Å²) in [6.45, 7) is 6.99. The van der Waals surface area contributed by atoms with Crippen molar-refractivity contribution in [2.24, 2.45) is 0 Å². The zero-order valence-corrected chi connectivity index (χ0v) is 9.58. The van der Waals surface area contributed by atoms with Crippen LogP contribution in [0.4, 0.5) is 0 Å². The van der Waals surface area contributed by atoms with Crippen LogP contribution in [0.3, 0.4) is 0 Å². The maximum absolute atomic E-state index is 9.52. The van der Waals surface area contributed by atoms with Crippen molar-refractivity contribution in [3.63, 3.8) is 0 Å². The maximum Gasteiger partial charge on any atom is 0.122 e. The van der Waals surface area contributed by atoms with Crippen molar-refractivity contribution < 1.29 is 9.84 Å². The molecule has 0 aliphatic carbocycles. The first-order valence-electron chi connectivity index (χ1n) is 5.41. The first-order chi connectivity index (χ1) is 6.97. The van der Waals surface area contributed by atoms with Crippen molar-refractivity contribution in [2.45, 2.75) is 38.7 Å². The SMILES string of the molecule is CC(C)(C)c1ccc2c(c1)C[C@H](O)CO2. The van der Waals surface area contributed by atoms with Crippen molar-refractivity contribution >= 4 is 0 Å². The van der Waals surface area contributed by atoms with Crippen LogP contribution in [0.25, 0.3) is 0 Å². The Balaban J connectivity index is 2.37. The number of hydrogen-bond donors (Lipinski definition) is 1. The molecule has 0 fully saturated rings. The molecular formula is C13H18O2. The Morgan fingerprint density at radius 1 is 1.33 bits per heavy atom. The second-order valence-corrected chi connectivity index (χ2v) is 5.24. The van der Waals surface area contributed by atoms with Gasteiger partial charge in [-0.25, -0.2) is 0 Å². The quantitative estimate of drug-likeness (QED) is 0.705. The van der Waals surface area contributed by atoms with Crippen LogP contribution < -0.4 is 4.74 Å². The summed E-state index contributed by atoms with van der Waals surface area (Å²) in [6, 6.07) is 6.27. The van der Waals surface area contributed by atoms with Crippen molar-refractivity contribution in [2.75, 3.05) is 6.61 Å². The molecule has 82 valence electrons. The molecule has 0 spiro atoms. The van der Waals surface area contributed by atoms with Gasteiger partial charge >= 0.3 is 0 Å². The molecule has 1 aromatic carbocycles. The van der Waals surface area contributed by atoms with Gasteiger partial charge in [0.05, 0.1) is 6.10 Å². The van der Waals surface area contributed by atoms with E-state index in [-0.39, 0.29) is 11.5 Å². The van der Waals surface area contributed by atoms with Crippen LogP contribution in [-0.4, -0.2) is 17.8 Å². The smallest absolute Gasteiger partial charge is 0.122 e. The molecule has 2 nitrogen and oxygen atoms in total. The highest BCUT2D eigenvalue weighted by Crippen LogP contribution is 2.30. The van der Waals surface area contributed by atoms with Crippen LogP contribution in [-0.2, 0) is 11.8 Å². The normalized spacial score (nSPS) is 20.7. The molecule has 1 N–H and O–H groups in total. The van der Waals surface area contributed by atoms with Crippen LogP contribution in [0, 0.1) is 0 Å². The molecule has 15 heavy (non-hydrogen) atoms. The highest BCUT2D eigenvalue weighted by molar-refractivity contribution is 5.41. The van der Waals surface area contributed by atoms with Gasteiger partial charge in [0.1, 0.15) is 12.4 Å². The van der Waals surface area contributed by atoms with Gasteiger partial charge in [0.25, 0.3) is 0 Å². The molecule has 1 aliphatic heterocycles. The molecule has 1 heterocycles. The minimum Gasteiger partial charge on any atom is -0.491 e. The van der Waals surface area contributed by atoms with E-state index < -0.39 is 0 Å². The molecule has 0 bridgehead atoms.